The summed E-state index contributed by atoms with van der Waals surface area (Å²) in [4.78, 5) is 25.4. The minimum Gasteiger partial charge on any atom is -0.480 e. The van der Waals surface area contributed by atoms with Gasteiger partial charge in [-0.2, -0.15) is 0 Å². The molecule has 116 valence electrons. The van der Waals surface area contributed by atoms with Crippen LogP contribution in [0.25, 0.3) is 0 Å². The molecule has 2 amide bonds. The summed E-state index contributed by atoms with van der Waals surface area (Å²) < 4.78 is 0. The maximum atomic E-state index is 12.4. The lowest BCUT2D eigenvalue weighted by molar-refractivity contribution is -0.140. The minimum atomic E-state index is -0.977. The van der Waals surface area contributed by atoms with Gasteiger partial charge in [0.25, 0.3) is 0 Å². The Labute approximate surface area is 120 Å². The number of urea groups is 1. The zero-order valence-corrected chi connectivity index (χ0v) is 12.7. The Hall–Kier alpha value is -1.30. The molecule has 6 heteroatoms. The van der Waals surface area contributed by atoms with Crippen molar-refractivity contribution in [3.05, 3.63) is 0 Å². The van der Waals surface area contributed by atoms with Gasteiger partial charge in [0, 0.05) is 12.6 Å². The van der Waals surface area contributed by atoms with Gasteiger partial charge in [-0.3, -0.25) is 0 Å². The number of aliphatic carboxylic acids is 1. The highest BCUT2D eigenvalue weighted by Gasteiger charge is 2.29. The first kappa shape index (κ1) is 16.8. The number of nitrogens with one attached hydrogen (secondary N) is 2. The van der Waals surface area contributed by atoms with E-state index in [-0.39, 0.29) is 18.0 Å². The Kier molecular flexibility index (Phi) is 6.78. The number of rotatable bonds is 6. The number of carbonyl (C=O) groups excluding carboxylic acids is 1. The molecule has 1 aliphatic heterocycles. The van der Waals surface area contributed by atoms with Gasteiger partial charge in [0.15, 0.2) is 0 Å². The van der Waals surface area contributed by atoms with Crippen LogP contribution in [0.2, 0.25) is 0 Å². The molecular formula is C14H27N3O3. The lowest BCUT2D eigenvalue weighted by Crippen LogP contribution is -2.54. The molecule has 6 nitrogen and oxygen atoms in total. The van der Waals surface area contributed by atoms with E-state index in [0.717, 1.165) is 32.4 Å². The van der Waals surface area contributed by atoms with Crippen LogP contribution in [0.5, 0.6) is 0 Å². The molecule has 0 aromatic carbocycles. The van der Waals surface area contributed by atoms with Crippen molar-refractivity contribution in [2.45, 2.75) is 52.1 Å². The molecule has 0 radical (unpaired) electrons. The van der Waals surface area contributed by atoms with Gasteiger partial charge < -0.3 is 20.6 Å². The van der Waals surface area contributed by atoms with Crippen LogP contribution in [0, 0.1) is 5.92 Å². The predicted octanol–water partition coefficient (Wildman–Crippen LogP) is 1.27. The van der Waals surface area contributed by atoms with Crippen LogP contribution in [0.4, 0.5) is 4.79 Å². The lowest BCUT2D eigenvalue weighted by atomic mass is 10.0. The van der Waals surface area contributed by atoms with Crippen molar-refractivity contribution in [1.82, 2.24) is 15.5 Å². The first-order valence-corrected chi connectivity index (χ1v) is 7.48. The molecule has 3 N–H and O–H groups in total. The minimum absolute atomic E-state index is 0.132. The molecule has 0 unspecified atom stereocenters. The fourth-order valence-corrected chi connectivity index (χ4v) is 2.54. The Bertz CT molecular complexity index is 328. The zero-order chi connectivity index (χ0) is 15.1. The molecule has 0 spiro atoms. The molecule has 1 saturated heterocycles. The van der Waals surface area contributed by atoms with Crippen LogP contribution in [0.1, 0.15) is 40.0 Å². The normalized spacial score (nSPS) is 17.8. The van der Waals surface area contributed by atoms with E-state index in [0.29, 0.717) is 6.54 Å². The van der Waals surface area contributed by atoms with Gasteiger partial charge in [-0.15, -0.1) is 0 Å². The van der Waals surface area contributed by atoms with Crippen LogP contribution >= 0.6 is 0 Å². The van der Waals surface area contributed by atoms with E-state index in [4.69, 9.17) is 0 Å². The SMILES string of the molecule is CCCN(C(=O)N[C@@H](C(=O)O)C(C)C)C1CCNCC1. The number of amides is 2. The molecule has 0 bridgehead atoms. The second-order valence-electron chi connectivity index (χ2n) is 5.68. The van der Waals surface area contributed by atoms with E-state index in [9.17, 15) is 14.7 Å². The van der Waals surface area contributed by atoms with Crippen LogP contribution in [-0.4, -0.2) is 53.7 Å². The van der Waals surface area contributed by atoms with Gasteiger partial charge in [-0.05, 0) is 38.3 Å². The summed E-state index contributed by atoms with van der Waals surface area (Å²) >= 11 is 0. The van der Waals surface area contributed by atoms with E-state index in [1.165, 1.54) is 0 Å². The Morgan fingerprint density at radius 2 is 1.95 bits per heavy atom. The maximum Gasteiger partial charge on any atom is 0.326 e. The quantitative estimate of drug-likeness (QED) is 0.686. The number of hydrogen-bond acceptors (Lipinski definition) is 3. The molecule has 1 rings (SSSR count). The largest absolute Gasteiger partial charge is 0.480 e. The van der Waals surface area contributed by atoms with E-state index in [2.05, 4.69) is 10.6 Å². The molecule has 0 aromatic heterocycles. The van der Waals surface area contributed by atoms with Gasteiger partial charge >= 0.3 is 12.0 Å². The Morgan fingerprint density at radius 1 is 1.35 bits per heavy atom. The third-order valence-corrected chi connectivity index (χ3v) is 3.69. The van der Waals surface area contributed by atoms with E-state index in [1.807, 2.05) is 6.92 Å². The molecule has 1 heterocycles. The molecule has 1 fully saturated rings. The van der Waals surface area contributed by atoms with Crippen LogP contribution in [-0.2, 0) is 4.79 Å². The number of carboxylic acids is 1. The maximum absolute atomic E-state index is 12.4. The van der Waals surface area contributed by atoms with Crippen LogP contribution < -0.4 is 10.6 Å². The average Bonchev–Trinajstić information content (AvgIpc) is 2.42. The fraction of sp³-hybridized carbons (Fsp3) is 0.857. The van der Waals surface area contributed by atoms with Crippen LogP contribution in [0.3, 0.4) is 0 Å². The smallest absolute Gasteiger partial charge is 0.326 e. The summed E-state index contributed by atoms with van der Waals surface area (Å²) in [5, 5.41) is 15.1. The molecule has 1 aliphatic rings. The van der Waals surface area contributed by atoms with Gasteiger partial charge in [-0.25, -0.2) is 9.59 Å². The fourth-order valence-electron chi connectivity index (χ4n) is 2.54. The summed E-state index contributed by atoms with van der Waals surface area (Å²) in [6.07, 6.45) is 2.72. The second-order valence-corrected chi connectivity index (χ2v) is 5.68. The third kappa shape index (κ3) is 4.67. The van der Waals surface area contributed by atoms with E-state index in [1.54, 1.807) is 18.7 Å². The first-order valence-electron chi connectivity index (χ1n) is 7.48. The second kappa shape index (κ2) is 8.09. The highest BCUT2D eigenvalue weighted by Crippen LogP contribution is 2.13. The van der Waals surface area contributed by atoms with Gasteiger partial charge in [0.2, 0.25) is 0 Å². The third-order valence-electron chi connectivity index (χ3n) is 3.69. The van der Waals surface area contributed by atoms with Gasteiger partial charge in [-0.1, -0.05) is 20.8 Å². The Balaban J connectivity index is 2.69. The highest BCUT2D eigenvalue weighted by atomic mass is 16.4. The average molecular weight is 285 g/mol. The lowest BCUT2D eigenvalue weighted by Gasteiger charge is -2.35. The summed E-state index contributed by atoms with van der Waals surface area (Å²) in [5.74, 6) is -1.11. The van der Waals surface area contributed by atoms with Gasteiger partial charge in [0.05, 0.1) is 0 Å². The van der Waals surface area contributed by atoms with Crippen LogP contribution in [0.15, 0.2) is 0 Å². The molecule has 0 aliphatic carbocycles. The van der Waals surface area contributed by atoms with E-state index < -0.39 is 12.0 Å². The number of carboxylic acid groups (broad SMARTS) is 1. The summed E-state index contributed by atoms with van der Waals surface area (Å²) in [5.41, 5.74) is 0. The molecule has 1 atom stereocenters. The predicted molar refractivity (Wildman–Crippen MR) is 77.7 cm³/mol. The molecule has 0 saturated carbocycles. The first-order chi connectivity index (χ1) is 9.47. The highest BCUT2D eigenvalue weighted by molar-refractivity contribution is 5.83. The van der Waals surface area contributed by atoms with Crippen molar-refractivity contribution in [1.29, 1.82) is 0 Å². The molecular weight excluding hydrogens is 258 g/mol. The van der Waals surface area contributed by atoms with E-state index >= 15 is 0 Å². The summed E-state index contributed by atoms with van der Waals surface area (Å²) in [7, 11) is 0. The topological polar surface area (TPSA) is 81.7 Å². The Morgan fingerprint density at radius 3 is 2.40 bits per heavy atom. The zero-order valence-electron chi connectivity index (χ0n) is 12.7. The number of carbonyl (C=O) groups is 2. The number of hydrogen-bond donors (Lipinski definition) is 3. The standard InChI is InChI=1S/C14H27N3O3/c1-4-9-17(11-5-7-15-8-6-11)14(20)16-12(10(2)3)13(18)19/h10-12,15H,4-9H2,1-3H3,(H,16,20)(H,18,19)/t12-/m1/s1. The van der Waals surface area contributed by atoms with Crippen molar-refractivity contribution in [2.75, 3.05) is 19.6 Å². The molecule has 0 aromatic rings. The number of piperidine rings is 1. The monoisotopic (exact) mass is 285 g/mol. The van der Waals surface area contributed by atoms with Crippen molar-refractivity contribution < 1.29 is 14.7 Å². The van der Waals surface area contributed by atoms with Crippen molar-refractivity contribution in [2.24, 2.45) is 5.92 Å². The van der Waals surface area contributed by atoms with Gasteiger partial charge in [0.1, 0.15) is 6.04 Å². The summed E-state index contributed by atoms with van der Waals surface area (Å²) in [6, 6.07) is -0.874. The number of nitrogens with zero attached hydrogens (tertiary/aromatic N) is 1. The van der Waals surface area contributed by atoms with Crippen molar-refractivity contribution in [3.63, 3.8) is 0 Å². The summed E-state index contributed by atoms with van der Waals surface area (Å²) in [6.45, 7) is 8.11. The van der Waals surface area contributed by atoms with Crippen molar-refractivity contribution in [3.8, 4) is 0 Å². The molecule has 20 heavy (non-hydrogen) atoms. The van der Waals surface area contributed by atoms with Crippen molar-refractivity contribution >= 4 is 12.0 Å².